The van der Waals surface area contributed by atoms with Crippen LogP contribution in [0.3, 0.4) is 0 Å². The summed E-state index contributed by atoms with van der Waals surface area (Å²) >= 11 is 0. The maximum atomic E-state index is 8.66. The molecule has 0 aliphatic rings. The number of para-hydroxylation sites is 2. The highest BCUT2D eigenvalue weighted by Gasteiger charge is 2.06. The SMILES string of the molecule is CCCOc1ccccc1OCC(C)C#N. The van der Waals surface area contributed by atoms with Crippen LogP contribution < -0.4 is 9.47 Å². The van der Waals surface area contributed by atoms with Crippen LogP contribution in [0.25, 0.3) is 0 Å². The van der Waals surface area contributed by atoms with Crippen LogP contribution >= 0.6 is 0 Å². The van der Waals surface area contributed by atoms with E-state index in [1.807, 2.05) is 31.2 Å². The molecule has 0 heterocycles. The summed E-state index contributed by atoms with van der Waals surface area (Å²) in [5.74, 6) is 1.34. The van der Waals surface area contributed by atoms with Crippen molar-refractivity contribution in [2.45, 2.75) is 20.3 Å². The molecule has 0 fully saturated rings. The fraction of sp³-hybridized carbons (Fsp3) is 0.462. The van der Waals surface area contributed by atoms with Crippen LogP contribution in [0.5, 0.6) is 11.5 Å². The van der Waals surface area contributed by atoms with Crippen molar-refractivity contribution in [3.63, 3.8) is 0 Å². The third kappa shape index (κ3) is 3.82. The van der Waals surface area contributed by atoms with Crippen molar-refractivity contribution in [3.05, 3.63) is 24.3 Å². The molecule has 0 aliphatic carbocycles. The molecule has 1 atom stereocenters. The Bertz CT molecular complexity index is 357. The summed E-state index contributed by atoms with van der Waals surface area (Å²) in [7, 11) is 0. The molecular formula is C13H17NO2. The lowest BCUT2D eigenvalue weighted by Gasteiger charge is -2.12. The van der Waals surface area contributed by atoms with Gasteiger partial charge in [0.25, 0.3) is 0 Å². The van der Waals surface area contributed by atoms with E-state index < -0.39 is 0 Å². The van der Waals surface area contributed by atoms with Crippen LogP contribution in [-0.2, 0) is 0 Å². The topological polar surface area (TPSA) is 42.2 Å². The quantitative estimate of drug-likeness (QED) is 0.738. The highest BCUT2D eigenvalue weighted by Crippen LogP contribution is 2.26. The predicted octanol–water partition coefficient (Wildman–Crippen LogP) is 3.01. The largest absolute Gasteiger partial charge is 0.490 e. The zero-order valence-corrected chi connectivity index (χ0v) is 9.77. The van der Waals surface area contributed by atoms with Crippen LogP contribution in [0.2, 0.25) is 0 Å². The van der Waals surface area contributed by atoms with Crippen molar-refractivity contribution in [2.75, 3.05) is 13.2 Å². The molecule has 0 aromatic heterocycles. The Morgan fingerprint density at radius 3 is 2.44 bits per heavy atom. The molecular weight excluding hydrogens is 202 g/mol. The number of nitriles is 1. The van der Waals surface area contributed by atoms with Gasteiger partial charge in [-0.05, 0) is 25.5 Å². The third-order valence-electron chi connectivity index (χ3n) is 2.02. The molecule has 0 bridgehead atoms. The second kappa shape index (κ2) is 6.73. The molecule has 3 nitrogen and oxygen atoms in total. The molecule has 3 heteroatoms. The van der Waals surface area contributed by atoms with Gasteiger partial charge < -0.3 is 9.47 Å². The second-order valence-corrected chi connectivity index (χ2v) is 3.64. The van der Waals surface area contributed by atoms with Gasteiger partial charge in [-0.1, -0.05) is 19.1 Å². The van der Waals surface area contributed by atoms with Crippen molar-refractivity contribution < 1.29 is 9.47 Å². The zero-order valence-electron chi connectivity index (χ0n) is 9.77. The highest BCUT2D eigenvalue weighted by atomic mass is 16.5. The molecule has 1 unspecified atom stereocenters. The number of hydrogen-bond donors (Lipinski definition) is 0. The van der Waals surface area contributed by atoms with Gasteiger partial charge in [0.2, 0.25) is 0 Å². The summed E-state index contributed by atoms with van der Waals surface area (Å²) in [6, 6.07) is 9.67. The Balaban J connectivity index is 2.60. The minimum absolute atomic E-state index is 0.112. The lowest BCUT2D eigenvalue weighted by molar-refractivity contribution is 0.254. The van der Waals surface area contributed by atoms with Gasteiger partial charge in [-0.3, -0.25) is 0 Å². The van der Waals surface area contributed by atoms with E-state index in [9.17, 15) is 0 Å². The molecule has 16 heavy (non-hydrogen) atoms. The van der Waals surface area contributed by atoms with E-state index in [0.717, 1.165) is 12.2 Å². The molecule has 1 rings (SSSR count). The minimum atomic E-state index is -0.112. The van der Waals surface area contributed by atoms with Crippen LogP contribution in [0.4, 0.5) is 0 Å². The van der Waals surface area contributed by atoms with Crippen LogP contribution in [0, 0.1) is 17.2 Å². The van der Waals surface area contributed by atoms with Crippen LogP contribution in [0.1, 0.15) is 20.3 Å². The normalized spacial score (nSPS) is 11.6. The van der Waals surface area contributed by atoms with Crippen molar-refractivity contribution in [1.82, 2.24) is 0 Å². The average Bonchev–Trinajstić information content (AvgIpc) is 2.34. The summed E-state index contributed by atoms with van der Waals surface area (Å²) in [6.07, 6.45) is 0.961. The van der Waals surface area contributed by atoms with Gasteiger partial charge in [0.05, 0.1) is 18.6 Å². The van der Waals surface area contributed by atoms with E-state index >= 15 is 0 Å². The van der Waals surface area contributed by atoms with Crippen molar-refractivity contribution in [3.8, 4) is 17.6 Å². The molecule has 0 saturated carbocycles. The first-order chi connectivity index (χ1) is 7.77. The molecule has 0 saturated heterocycles. The number of nitrogens with zero attached hydrogens (tertiary/aromatic N) is 1. The van der Waals surface area contributed by atoms with Gasteiger partial charge in [0.15, 0.2) is 11.5 Å². The van der Waals surface area contributed by atoms with Gasteiger partial charge in [0.1, 0.15) is 6.61 Å². The lowest BCUT2D eigenvalue weighted by atomic mass is 10.2. The van der Waals surface area contributed by atoms with E-state index in [0.29, 0.717) is 19.0 Å². The molecule has 0 amide bonds. The number of benzene rings is 1. The second-order valence-electron chi connectivity index (χ2n) is 3.64. The maximum absolute atomic E-state index is 8.66. The number of hydrogen-bond acceptors (Lipinski definition) is 3. The van der Waals surface area contributed by atoms with Crippen molar-refractivity contribution in [2.24, 2.45) is 5.92 Å². The van der Waals surface area contributed by atoms with E-state index in [-0.39, 0.29) is 5.92 Å². The smallest absolute Gasteiger partial charge is 0.161 e. The van der Waals surface area contributed by atoms with E-state index in [1.165, 1.54) is 0 Å². The monoisotopic (exact) mass is 219 g/mol. The molecule has 0 N–H and O–H groups in total. The van der Waals surface area contributed by atoms with Gasteiger partial charge in [-0.25, -0.2) is 0 Å². The summed E-state index contributed by atoms with van der Waals surface area (Å²) in [4.78, 5) is 0. The van der Waals surface area contributed by atoms with Crippen LogP contribution in [0.15, 0.2) is 24.3 Å². The summed E-state index contributed by atoms with van der Waals surface area (Å²) in [5, 5.41) is 8.66. The minimum Gasteiger partial charge on any atom is -0.490 e. The molecule has 1 aromatic rings. The molecule has 0 aliphatic heterocycles. The summed E-state index contributed by atoms with van der Waals surface area (Å²) < 4.78 is 11.1. The van der Waals surface area contributed by atoms with Gasteiger partial charge in [0, 0.05) is 0 Å². The Labute approximate surface area is 96.6 Å². The van der Waals surface area contributed by atoms with Gasteiger partial charge in [-0.15, -0.1) is 0 Å². The zero-order chi connectivity index (χ0) is 11.8. The molecule has 0 spiro atoms. The van der Waals surface area contributed by atoms with Gasteiger partial charge in [-0.2, -0.15) is 5.26 Å². The summed E-state index contributed by atoms with van der Waals surface area (Å²) in [6.45, 7) is 4.95. The maximum Gasteiger partial charge on any atom is 0.161 e. The van der Waals surface area contributed by atoms with Crippen molar-refractivity contribution in [1.29, 1.82) is 5.26 Å². The first-order valence-electron chi connectivity index (χ1n) is 5.52. The fourth-order valence-corrected chi connectivity index (χ4v) is 1.15. The van der Waals surface area contributed by atoms with E-state index in [1.54, 1.807) is 0 Å². The predicted molar refractivity (Wildman–Crippen MR) is 62.5 cm³/mol. The Kier molecular flexibility index (Phi) is 5.21. The number of rotatable bonds is 6. The fourth-order valence-electron chi connectivity index (χ4n) is 1.15. The van der Waals surface area contributed by atoms with Crippen LogP contribution in [-0.4, -0.2) is 13.2 Å². The molecule has 86 valence electrons. The van der Waals surface area contributed by atoms with Crippen molar-refractivity contribution >= 4 is 0 Å². The average molecular weight is 219 g/mol. The van der Waals surface area contributed by atoms with E-state index in [2.05, 4.69) is 13.0 Å². The number of ether oxygens (including phenoxy) is 2. The molecule has 0 radical (unpaired) electrons. The Morgan fingerprint density at radius 2 is 1.88 bits per heavy atom. The Hall–Kier alpha value is -1.69. The lowest BCUT2D eigenvalue weighted by Crippen LogP contribution is -2.07. The highest BCUT2D eigenvalue weighted by molar-refractivity contribution is 5.39. The first-order valence-corrected chi connectivity index (χ1v) is 5.52. The first kappa shape index (κ1) is 12.4. The van der Waals surface area contributed by atoms with E-state index in [4.69, 9.17) is 14.7 Å². The molecule has 1 aromatic carbocycles. The summed E-state index contributed by atoms with van der Waals surface area (Å²) in [5.41, 5.74) is 0. The van der Waals surface area contributed by atoms with Gasteiger partial charge >= 0.3 is 0 Å². The third-order valence-corrected chi connectivity index (χ3v) is 2.02. The standard InChI is InChI=1S/C13H17NO2/c1-3-8-15-12-6-4-5-7-13(12)16-10-11(2)9-14/h4-7,11H,3,8,10H2,1-2H3. The Morgan fingerprint density at radius 1 is 1.25 bits per heavy atom.